The lowest BCUT2D eigenvalue weighted by molar-refractivity contribution is -0.279. The van der Waals surface area contributed by atoms with Gasteiger partial charge in [0.25, 0.3) is 11.8 Å². The molecule has 6 atom stereocenters. The molecule has 0 bridgehead atoms. The third kappa shape index (κ3) is 11.2. The Morgan fingerprint density at radius 2 is 0.967 bits per heavy atom. The van der Waals surface area contributed by atoms with E-state index in [2.05, 4.69) is 0 Å². The summed E-state index contributed by atoms with van der Waals surface area (Å²) in [6.07, 6.45) is -5.70. The SMILES string of the molecule is CC(C)(C)OC(=O)[C@H](C[C@H]1O[C@H](COCc2ccccc2)[C@@H](OCc2ccccc2)[C@H](OCc2ccccc2)[C@H]1OCc1ccccc1)ON1C(=O)c2ccccc2C1=O. The second-order valence-corrected chi connectivity index (χ2v) is 15.8. The van der Waals surface area contributed by atoms with E-state index < -0.39 is 60.0 Å². The van der Waals surface area contributed by atoms with Crippen LogP contribution < -0.4 is 0 Å². The number of nitrogens with zero attached hydrogens (tertiary/aromatic N) is 1. The van der Waals surface area contributed by atoms with Gasteiger partial charge in [0, 0.05) is 6.42 Å². The zero-order valence-corrected chi connectivity index (χ0v) is 34.1. The van der Waals surface area contributed by atoms with Gasteiger partial charge in [-0.2, -0.15) is 0 Å². The highest BCUT2D eigenvalue weighted by atomic mass is 16.7. The molecule has 0 radical (unpaired) electrons. The van der Waals surface area contributed by atoms with Crippen LogP contribution in [-0.4, -0.2) is 71.7 Å². The van der Waals surface area contributed by atoms with Gasteiger partial charge in [0.2, 0.25) is 0 Å². The second kappa shape index (κ2) is 20.2. The first-order valence-electron chi connectivity index (χ1n) is 20.2. The van der Waals surface area contributed by atoms with Gasteiger partial charge in [-0.25, -0.2) is 9.63 Å². The number of hydrogen-bond acceptors (Lipinski definition) is 10. The van der Waals surface area contributed by atoms with Crippen molar-refractivity contribution in [1.82, 2.24) is 5.06 Å². The molecule has 0 unspecified atom stereocenters. The van der Waals surface area contributed by atoms with Crippen LogP contribution in [0.1, 0.15) is 70.2 Å². The van der Waals surface area contributed by atoms with Crippen LogP contribution in [0, 0.1) is 0 Å². The highest BCUT2D eigenvalue weighted by Crippen LogP contribution is 2.35. The predicted octanol–water partition coefficient (Wildman–Crippen LogP) is 8.06. The molecule has 0 aromatic heterocycles. The predicted molar refractivity (Wildman–Crippen MR) is 222 cm³/mol. The normalized spacial score (nSPS) is 20.8. The maximum absolute atomic E-state index is 14.1. The number of carbonyl (C=O) groups excluding carboxylic acids is 3. The molecule has 312 valence electrons. The van der Waals surface area contributed by atoms with Crippen LogP contribution in [0.4, 0.5) is 0 Å². The number of amides is 2. The molecule has 1 saturated heterocycles. The minimum Gasteiger partial charge on any atom is -0.458 e. The van der Waals surface area contributed by atoms with Crippen LogP contribution in [0.15, 0.2) is 146 Å². The third-order valence-corrected chi connectivity index (χ3v) is 10.1. The smallest absolute Gasteiger partial charge is 0.338 e. The Bertz CT molecular complexity index is 2110. The minimum atomic E-state index is -1.48. The van der Waals surface area contributed by atoms with E-state index >= 15 is 0 Å². The fourth-order valence-corrected chi connectivity index (χ4v) is 7.23. The zero-order valence-electron chi connectivity index (χ0n) is 34.1. The summed E-state index contributed by atoms with van der Waals surface area (Å²) in [6.45, 7) is 6.23. The standard InChI is InChI=1S/C49H51NO10/c1-49(2,3)59-48(53)41(60-50-46(51)38-26-16-17-27-39(38)47(50)52)28-40-43(55-30-35-20-10-5-11-21-35)45(57-32-37-24-14-7-15-25-37)44(56-31-36-22-12-6-13-23-36)42(58-40)33-54-29-34-18-8-4-9-19-34/h4-27,40-45H,28-33H2,1-3H3/t40-,41+,42-,43+,44-,45-/m1/s1. The number of ether oxygens (including phenoxy) is 6. The summed E-state index contributed by atoms with van der Waals surface area (Å²) in [5, 5.41) is 0.636. The fraction of sp³-hybridized carbons (Fsp3) is 0.327. The van der Waals surface area contributed by atoms with Gasteiger partial charge in [-0.15, -0.1) is 5.06 Å². The lowest BCUT2D eigenvalue weighted by Gasteiger charge is -2.47. The van der Waals surface area contributed by atoms with Crippen LogP contribution in [0.3, 0.4) is 0 Å². The molecule has 11 nitrogen and oxygen atoms in total. The first kappa shape index (κ1) is 42.6. The molecule has 2 amide bonds. The lowest BCUT2D eigenvalue weighted by atomic mass is 9.91. The van der Waals surface area contributed by atoms with E-state index in [1.54, 1.807) is 45.0 Å². The van der Waals surface area contributed by atoms with Crippen molar-refractivity contribution in [3.63, 3.8) is 0 Å². The fourth-order valence-electron chi connectivity index (χ4n) is 7.23. The maximum Gasteiger partial charge on any atom is 0.338 e. The van der Waals surface area contributed by atoms with Crippen LogP contribution >= 0.6 is 0 Å². The Kier molecular flexibility index (Phi) is 14.3. The topological polar surface area (TPSA) is 119 Å². The number of carbonyl (C=O) groups is 3. The molecule has 7 rings (SSSR count). The first-order valence-corrected chi connectivity index (χ1v) is 20.2. The summed E-state index contributed by atoms with van der Waals surface area (Å²) in [6, 6.07) is 45.5. The Labute approximate surface area is 351 Å². The second-order valence-electron chi connectivity index (χ2n) is 15.8. The largest absolute Gasteiger partial charge is 0.458 e. The molecule has 2 aliphatic heterocycles. The van der Waals surface area contributed by atoms with Crippen molar-refractivity contribution >= 4 is 17.8 Å². The monoisotopic (exact) mass is 813 g/mol. The molecule has 5 aromatic carbocycles. The zero-order chi connectivity index (χ0) is 41.9. The molecule has 0 spiro atoms. The molecule has 11 heteroatoms. The van der Waals surface area contributed by atoms with Gasteiger partial charge in [-0.05, 0) is 55.2 Å². The maximum atomic E-state index is 14.1. The van der Waals surface area contributed by atoms with Crippen molar-refractivity contribution in [3.8, 4) is 0 Å². The molecule has 0 saturated carbocycles. The van der Waals surface area contributed by atoms with Crippen molar-refractivity contribution in [3.05, 3.63) is 179 Å². The van der Waals surface area contributed by atoms with Crippen molar-refractivity contribution in [2.24, 2.45) is 0 Å². The number of imide groups is 1. The number of esters is 1. The van der Waals surface area contributed by atoms with E-state index in [0.717, 1.165) is 22.3 Å². The quantitative estimate of drug-likeness (QED) is 0.0635. The summed E-state index contributed by atoms with van der Waals surface area (Å²) in [5.41, 5.74) is 3.18. The molecule has 2 aliphatic rings. The highest BCUT2D eigenvalue weighted by Gasteiger charge is 2.51. The molecule has 60 heavy (non-hydrogen) atoms. The molecule has 0 aliphatic carbocycles. The van der Waals surface area contributed by atoms with E-state index in [9.17, 15) is 14.4 Å². The van der Waals surface area contributed by atoms with Gasteiger partial charge in [-0.1, -0.05) is 133 Å². The van der Waals surface area contributed by atoms with Crippen LogP contribution in [0.5, 0.6) is 0 Å². The van der Waals surface area contributed by atoms with Crippen LogP contribution in [0.2, 0.25) is 0 Å². The summed E-state index contributed by atoms with van der Waals surface area (Å²) < 4.78 is 39.6. The van der Waals surface area contributed by atoms with Gasteiger partial charge in [0.15, 0.2) is 6.10 Å². The minimum absolute atomic E-state index is 0.0951. The van der Waals surface area contributed by atoms with Crippen molar-refractivity contribution < 1.29 is 47.6 Å². The summed E-state index contributed by atoms with van der Waals surface area (Å²) >= 11 is 0. The van der Waals surface area contributed by atoms with Crippen molar-refractivity contribution in [2.75, 3.05) is 6.61 Å². The Morgan fingerprint density at radius 1 is 0.567 bits per heavy atom. The molecule has 1 fully saturated rings. The molecule has 5 aromatic rings. The number of benzene rings is 5. The third-order valence-electron chi connectivity index (χ3n) is 10.1. The van der Waals surface area contributed by atoms with E-state index in [1.165, 1.54) is 0 Å². The van der Waals surface area contributed by atoms with Crippen LogP contribution in [0.25, 0.3) is 0 Å². The van der Waals surface area contributed by atoms with E-state index in [1.807, 2.05) is 121 Å². The number of hydroxylamine groups is 2. The number of hydrogen-bond donors (Lipinski definition) is 0. The Morgan fingerprint density at radius 3 is 1.42 bits per heavy atom. The summed E-state index contributed by atoms with van der Waals surface area (Å²) in [5.74, 6) is -2.15. The molecule has 0 N–H and O–H groups in total. The molecular weight excluding hydrogens is 763 g/mol. The van der Waals surface area contributed by atoms with Gasteiger partial charge >= 0.3 is 5.97 Å². The van der Waals surface area contributed by atoms with E-state index in [-0.39, 0.29) is 44.0 Å². The van der Waals surface area contributed by atoms with Gasteiger partial charge in [0.05, 0.1) is 50.3 Å². The first-order chi connectivity index (χ1) is 29.1. The molecule has 2 heterocycles. The highest BCUT2D eigenvalue weighted by molar-refractivity contribution is 6.20. The van der Waals surface area contributed by atoms with Crippen molar-refractivity contribution in [2.45, 2.75) is 95.8 Å². The van der Waals surface area contributed by atoms with Crippen LogP contribution in [-0.2, 0) is 64.5 Å². The van der Waals surface area contributed by atoms with Gasteiger partial charge in [0.1, 0.15) is 30.0 Å². The average Bonchev–Trinajstić information content (AvgIpc) is 3.50. The summed E-state index contributed by atoms with van der Waals surface area (Å²) in [7, 11) is 0. The van der Waals surface area contributed by atoms with E-state index in [4.69, 9.17) is 33.3 Å². The Balaban J connectivity index is 1.25. The average molecular weight is 814 g/mol. The van der Waals surface area contributed by atoms with Crippen molar-refractivity contribution in [1.29, 1.82) is 0 Å². The summed E-state index contributed by atoms with van der Waals surface area (Å²) in [4.78, 5) is 47.4. The Hall–Kier alpha value is -5.53. The van der Waals surface area contributed by atoms with Gasteiger partial charge in [-0.3, -0.25) is 9.59 Å². The molecular formula is C49H51NO10. The van der Waals surface area contributed by atoms with Gasteiger partial charge < -0.3 is 28.4 Å². The van der Waals surface area contributed by atoms with E-state index in [0.29, 0.717) is 11.7 Å². The number of fused-ring (bicyclic) bond motifs is 1. The number of rotatable bonds is 18. The lowest BCUT2D eigenvalue weighted by Crippen LogP contribution is -2.62.